The van der Waals surface area contributed by atoms with E-state index in [0.717, 1.165) is 24.2 Å². The van der Waals surface area contributed by atoms with Gasteiger partial charge in [0.15, 0.2) is 0 Å². The first kappa shape index (κ1) is 25.8. The van der Waals surface area contributed by atoms with Crippen LogP contribution >= 0.6 is 11.3 Å². The van der Waals surface area contributed by atoms with E-state index in [1.54, 1.807) is 14.0 Å². The molecule has 0 aliphatic heterocycles. The Labute approximate surface area is 195 Å². The van der Waals surface area contributed by atoms with Gasteiger partial charge in [-0.3, -0.25) is 14.9 Å². The highest BCUT2D eigenvalue weighted by Gasteiger charge is 2.17. The Balaban J connectivity index is 1.66. The number of amides is 2. The van der Waals surface area contributed by atoms with E-state index >= 15 is 0 Å². The molecule has 1 aromatic heterocycles. The Morgan fingerprint density at radius 2 is 1.72 bits per heavy atom. The van der Waals surface area contributed by atoms with E-state index in [0.29, 0.717) is 16.6 Å². The van der Waals surface area contributed by atoms with Gasteiger partial charge in [0.25, 0.3) is 0 Å². The Kier molecular flexibility index (Phi) is 11.7. The summed E-state index contributed by atoms with van der Waals surface area (Å²) < 4.78 is 5.23. The molecule has 1 unspecified atom stereocenters. The van der Waals surface area contributed by atoms with E-state index in [1.165, 1.54) is 56.3 Å². The third-order valence-electron chi connectivity index (χ3n) is 5.25. The zero-order valence-electron chi connectivity index (χ0n) is 19.5. The number of ether oxygens (including phenoxy) is 1. The predicted molar refractivity (Wildman–Crippen MR) is 130 cm³/mol. The van der Waals surface area contributed by atoms with Gasteiger partial charge in [0.2, 0.25) is 16.9 Å². The molecule has 0 bridgehead atoms. The summed E-state index contributed by atoms with van der Waals surface area (Å²) in [6.07, 6.45) is 11.3. The van der Waals surface area contributed by atoms with Gasteiger partial charge in [0.05, 0.1) is 7.11 Å². The topological polar surface area (TPSA) is 93.2 Å². The predicted octanol–water partition coefficient (Wildman–Crippen LogP) is 5.58. The maximum absolute atomic E-state index is 12.4. The van der Waals surface area contributed by atoms with Gasteiger partial charge < -0.3 is 10.1 Å². The molecule has 0 saturated heterocycles. The van der Waals surface area contributed by atoms with Crippen molar-refractivity contribution in [3.63, 3.8) is 0 Å². The zero-order valence-corrected chi connectivity index (χ0v) is 20.3. The molecule has 0 saturated carbocycles. The summed E-state index contributed by atoms with van der Waals surface area (Å²) in [7, 11) is 1.61. The molecule has 0 aliphatic rings. The van der Waals surface area contributed by atoms with Crippen LogP contribution in [0.4, 0.5) is 5.13 Å². The van der Waals surface area contributed by atoms with E-state index in [-0.39, 0.29) is 11.8 Å². The number of nitrogens with zero attached hydrogens (tertiary/aromatic N) is 2. The van der Waals surface area contributed by atoms with E-state index in [9.17, 15) is 9.59 Å². The molecule has 2 rings (SSSR count). The van der Waals surface area contributed by atoms with Crippen LogP contribution in [0, 0.1) is 0 Å². The van der Waals surface area contributed by atoms with Crippen molar-refractivity contribution in [2.24, 2.45) is 0 Å². The van der Waals surface area contributed by atoms with Gasteiger partial charge in [-0.25, -0.2) is 0 Å². The molecule has 2 amide bonds. The molecule has 176 valence electrons. The molecule has 0 radical (unpaired) electrons. The van der Waals surface area contributed by atoms with E-state index in [1.807, 2.05) is 24.3 Å². The van der Waals surface area contributed by atoms with Crippen LogP contribution < -0.4 is 15.4 Å². The number of unbranched alkanes of at least 4 members (excludes halogenated alkanes) is 8. The van der Waals surface area contributed by atoms with Crippen LogP contribution in [0.25, 0.3) is 10.6 Å². The van der Waals surface area contributed by atoms with Crippen molar-refractivity contribution in [2.75, 3.05) is 12.4 Å². The summed E-state index contributed by atoms with van der Waals surface area (Å²) in [4.78, 5) is 24.5. The molecule has 2 N–H and O–H groups in total. The van der Waals surface area contributed by atoms with Crippen molar-refractivity contribution in [1.29, 1.82) is 0 Å². The molecule has 0 aliphatic carbocycles. The molecule has 1 heterocycles. The summed E-state index contributed by atoms with van der Waals surface area (Å²) in [5.74, 6) is 0.329. The maximum Gasteiger partial charge on any atom is 0.248 e. The van der Waals surface area contributed by atoms with Crippen molar-refractivity contribution < 1.29 is 14.3 Å². The van der Waals surface area contributed by atoms with Gasteiger partial charge in [-0.1, -0.05) is 81.8 Å². The minimum atomic E-state index is -0.634. The first-order valence-electron chi connectivity index (χ1n) is 11.6. The molecular formula is C24H36N4O3S. The molecule has 32 heavy (non-hydrogen) atoms. The van der Waals surface area contributed by atoms with Crippen molar-refractivity contribution >= 4 is 28.3 Å². The second kappa shape index (κ2) is 14.6. The van der Waals surface area contributed by atoms with Crippen LogP contribution in [-0.4, -0.2) is 35.2 Å². The van der Waals surface area contributed by atoms with Crippen molar-refractivity contribution in [2.45, 2.75) is 84.1 Å². The number of nitrogens with one attached hydrogen (secondary N) is 2. The van der Waals surface area contributed by atoms with Crippen LogP contribution in [0.5, 0.6) is 5.75 Å². The first-order chi connectivity index (χ1) is 15.5. The number of hydrogen-bond acceptors (Lipinski definition) is 6. The number of rotatable bonds is 15. The lowest BCUT2D eigenvalue weighted by Crippen LogP contribution is -2.41. The van der Waals surface area contributed by atoms with Gasteiger partial charge in [0.1, 0.15) is 16.8 Å². The van der Waals surface area contributed by atoms with Crippen molar-refractivity contribution in [3.8, 4) is 16.3 Å². The molecule has 0 spiro atoms. The second-order valence-corrected chi connectivity index (χ2v) is 8.98. The average Bonchev–Trinajstić information content (AvgIpc) is 3.26. The van der Waals surface area contributed by atoms with Gasteiger partial charge in [-0.15, -0.1) is 10.2 Å². The third-order valence-corrected chi connectivity index (χ3v) is 6.14. The Morgan fingerprint density at radius 3 is 2.41 bits per heavy atom. The highest BCUT2D eigenvalue weighted by molar-refractivity contribution is 7.18. The molecule has 7 nitrogen and oxygen atoms in total. The maximum atomic E-state index is 12.4. The lowest BCUT2D eigenvalue weighted by atomic mass is 10.1. The lowest BCUT2D eigenvalue weighted by Gasteiger charge is -2.12. The number of anilines is 1. The summed E-state index contributed by atoms with van der Waals surface area (Å²) in [6, 6.07) is 6.86. The largest absolute Gasteiger partial charge is 0.497 e. The Hall–Kier alpha value is -2.48. The summed E-state index contributed by atoms with van der Waals surface area (Å²) in [5.41, 5.74) is 0.865. The van der Waals surface area contributed by atoms with Crippen LogP contribution in [0.3, 0.4) is 0 Å². The Morgan fingerprint density at radius 1 is 1.03 bits per heavy atom. The van der Waals surface area contributed by atoms with Crippen LogP contribution in [0.15, 0.2) is 24.3 Å². The standard InChI is InChI=1S/C24H36N4O3S/c1-4-5-6-7-8-9-10-11-12-16-21(29)25-18(2)22(30)26-24-28-27-23(32-24)19-14-13-15-20(17-19)31-3/h13-15,17-18H,4-12,16H2,1-3H3,(H,25,29)(H,26,28,30). The second-order valence-electron chi connectivity index (χ2n) is 8.00. The molecule has 8 heteroatoms. The fraction of sp³-hybridized carbons (Fsp3) is 0.583. The molecular weight excluding hydrogens is 424 g/mol. The fourth-order valence-corrected chi connectivity index (χ4v) is 4.08. The number of carbonyl (C=O) groups excluding carboxylic acids is 2. The Bertz CT molecular complexity index is 840. The molecule has 1 aromatic carbocycles. The minimum Gasteiger partial charge on any atom is -0.497 e. The van der Waals surface area contributed by atoms with E-state index in [4.69, 9.17) is 4.74 Å². The molecule has 2 aromatic rings. The number of benzene rings is 1. The van der Waals surface area contributed by atoms with Crippen LogP contribution in [0.1, 0.15) is 78.1 Å². The van der Waals surface area contributed by atoms with Gasteiger partial charge in [-0.2, -0.15) is 0 Å². The summed E-state index contributed by atoms with van der Waals surface area (Å²) >= 11 is 1.27. The minimum absolute atomic E-state index is 0.0927. The molecule has 1 atom stereocenters. The average molecular weight is 461 g/mol. The SMILES string of the molecule is CCCCCCCCCCCC(=O)NC(C)C(=O)Nc1nnc(-c2cccc(OC)c2)s1. The number of hydrogen-bond donors (Lipinski definition) is 2. The monoisotopic (exact) mass is 460 g/mol. The van der Waals surface area contributed by atoms with Gasteiger partial charge >= 0.3 is 0 Å². The summed E-state index contributed by atoms with van der Waals surface area (Å²) in [5, 5.41) is 14.7. The van der Waals surface area contributed by atoms with E-state index in [2.05, 4.69) is 27.8 Å². The van der Waals surface area contributed by atoms with Crippen LogP contribution in [-0.2, 0) is 9.59 Å². The quantitative estimate of drug-likeness (QED) is 0.339. The summed E-state index contributed by atoms with van der Waals surface area (Å²) in [6.45, 7) is 3.90. The smallest absolute Gasteiger partial charge is 0.248 e. The highest BCUT2D eigenvalue weighted by atomic mass is 32.1. The van der Waals surface area contributed by atoms with E-state index < -0.39 is 6.04 Å². The van der Waals surface area contributed by atoms with Crippen molar-refractivity contribution in [1.82, 2.24) is 15.5 Å². The zero-order chi connectivity index (χ0) is 23.2. The van der Waals surface area contributed by atoms with Crippen molar-refractivity contribution in [3.05, 3.63) is 24.3 Å². The number of methoxy groups -OCH3 is 1. The third kappa shape index (κ3) is 9.34. The van der Waals surface area contributed by atoms with Gasteiger partial charge in [0, 0.05) is 12.0 Å². The normalized spacial score (nSPS) is 11.7. The number of aromatic nitrogens is 2. The molecule has 0 fully saturated rings. The first-order valence-corrected chi connectivity index (χ1v) is 12.4. The van der Waals surface area contributed by atoms with Crippen LogP contribution in [0.2, 0.25) is 0 Å². The van der Waals surface area contributed by atoms with Gasteiger partial charge in [-0.05, 0) is 25.5 Å². The number of carbonyl (C=O) groups is 2. The lowest BCUT2D eigenvalue weighted by molar-refractivity contribution is -0.126. The fourth-order valence-electron chi connectivity index (χ4n) is 3.34. The highest BCUT2D eigenvalue weighted by Crippen LogP contribution is 2.28.